The Hall–Kier alpha value is -3.32. The molecule has 1 aromatic heterocycles. The van der Waals surface area contributed by atoms with Crippen LogP contribution in [0.15, 0.2) is 53.9 Å². The highest BCUT2D eigenvalue weighted by Gasteiger charge is 2.26. The van der Waals surface area contributed by atoms with Gasteiger partial charge < -0.3 is 19.7 Å². The molecule has 0 atom stereocenters. The fraction of sp³-hybridized carbons (Fsp3) is 0.182. The van der Waals surface area contributed by atoms with Crippen molar-refractivity contribution in [3.8, 4) is 11.5 Å². The van der Waals surface area contributed by atoms with Gasteiger partial charge >= 0.3 is 0 Å². The monoisotopic (exact) mass is 408 g/mol. The first-order valence-corrected chi connectivity index (χ1v) is 10.0. The summed E-state index contributed by atoms with van der Waals surface area (Å²) in [6.07, 6.45) is 0.749. The second-order valence-electron chi connectivity index (χ2n) is 6.52. The molecule has 0 spiro atoms. The fourth-order valence-corrected chi connectivity index (χ4v) is 4.16. The van der Waals surface area contributed by atoms with Gasteiger partial charge in [-0.05, 0) is 53.8 Å². The molecule has 2 amide bonds. The van der Waals surface area contributed by atoms with E-state index in [1.165, 1.54) is 25.6 Å². The van der Waals surface area contributed by atoms with Gasteiger partial charge in [0.1, 0.15) is 0 Å². The summed E-state index contributed by atoms with van der Waals surface area (Å²) in [5.41, 5.74) is 2.98. The summed E-state index contributed by atoms with van der Waals surface area (Å²) in [5.74, 6) is 0.611. The van der Waals surface area contributed by atoms with Crippen LogP contribution in [0.5, 0.6) is 11.5 Å². The number of ether oxygens (including phenoxy) is 2. The predicted octanol–water partition coefficient (Wildman–Crippen LogP) is 4.22. The number of anilines is 2. The van der Waals surface area contributed by atoms with Crippen LogP contribution < -0.4 is 19.7 Å². The van der Waals surface area contributed by atoms with Gasteiger partial charge in [0, 0.05) is 17.9 Å². The van der Waals surface area contributed by atoms with Crippen LogP contribution in [-0.2, 0) is 6.42 Å². The molecule has 7 heteroatoms. The molecule has 0 unspecified atom stereocenters. The minimum atomic E-state index is -0.287. The molecule has 1 aliphatic rings. The van der Waals surface area contributed by atoms with E-state index in [0.717, 1.165) is 22.5 Å². The molecule has 0 aliphatic carbocycles. The molecule has 148 valence electrons. The number of hydrogen-bond acceptors (Lipinski definition) is 5. The molecule has 3 aromatic rings. The van der Waals surface area contributed by atoms with Crippen LogP contribution in [0.1, 0.15) is 25.6 Å². The SMILES string of the molecule is COc1cccc(C(=O)Nc2ccc3c(c2)CCN3C(=O)c2cccs2)c1OC. The Balaban J connectivity index is 1.55. The number of thiophene rings is 1. The highest BCUT2D eigenvalue weighted by molar-refractivity contribution is 7.12. The number of nitrogens with one attached hydrogen (secondary N) is 1. The molecule has 0 radical (unpaired) electrons. The van der Waals surface area contributed by atoms with E-state index in [1.807, 2.05) is 35.7 Å². The van der Waals surface area contributed by atoms with E-state index in [2.05, 4.69) is 5.32 Å². The van der Waals surface area contributed by atoms with Gasteiger partial charge in [-0.25, -0.2) is 0 Å². The Morgan fingerprint density at radius 3 is 2.66 bits per heavy atom. The molecule has 4 rings (SSSR count). The number of fused-ring (bicyclic) bond motifs is 1. The molecule has 0 fully saturated rings. The quantitative estimate of drug-likeness (QED) is 0.686. The molecule has 1 aliphatic heterocycles. The zero-order chi connectivity index (χ0) is 20.4. The molecule has 0 saturated heterocycles. The van der Waals surface area contributed by atoms with Crippen molar-refractivity contribution >= 4 is 34.5 Å². The third-order valence-corrected chi connectivity index (χ3v) is 5.72. The van der Waals surface area contributed by atoms with Crippen molar-refractivity contribution in [3.05, 3.63) is 69.9 Å². The molecule has 2 aromatic carbocycles. The third kappa shape index (κ3) is 3.56. The van der Waals surface area contributed by atoms with Crippen molar-refractivity contribution in [1.82, 2.24) is 0 Å². The number of carbonyl (C=O) groups is 2. The summed E-state index contributed by atoms with van der Waals surface area (Å²) in [6, 6.07) is 14.5. The summed E-state index contributed by atoms with van der Waals surface area (Å²) < 4.78 is 10.6. The van der Waals surface area contributed by atoms with Gasteiger partial charge in [-0.2, -0.15) is 0 Å². The van der Waals surface area contributed by atoms with Crippen LogP contribution in [0.4, 0.5) is 11.4 Å². The largest absolute Gasteiger partial charge is 0.493 e. The third-order valence-electron chi connectivity index (χ3n) is 4.86. The van der Waals surface area contributed by atoms with Crippen LogP contribution in [0.25, 0.3) is 0 Å². The lowest BCUT2D eigenvalue weighted by molar-refractivity contribution is 0.0991. The van der Waals surface area contributed by atoms with Crippen LogP contribution in [0.2, 0.25) is 0 Å². The molecular formula is C22H20N2O4S. The first-order chi connectivity index (χ1) is 14.1. The Morgan fingerprint density at radius 2 is 1.93 bits per heavy atom. The van der Waals surface area contributed by atoms with Crippen molar-refractivity contribution in [2.75, 3.05) is 31.0 Å². The van der Waals surface area contributed by atoms with Crippen molar-refractivity contribution in [2.45, 2.75) is 6.42 Å². The van der Waals surface area contributed by atoms with Gasteiger partial charge in [0.2, 0.25) is 0 Å². The standard InChI is InChI=1S/C22H20N2O4S/c1-27-18-6-3-5-16(20(18)28-2)21(25)23-15-8-9-17-14(13-15)10-11-24(17)22(26)19-7-4-12-29-19/h3-9,12-13H,10-11H2,1-2H3,(H,23,25). The number of benzene rings is 2. The number of amides is 2. The molecule has 0 saturated carbocycles. The van der Waals surface area contributed by atoms with Gasteiger partial charge in [-0.15, -0.1) is 11.3 Å². The van der Waals surface area contributed by atoms with Gasteiger partial charge in [-0.1, -0.05) is 12.1 Å². The average Bonchev–Trinajstić information content (AvgIpc) is 3.42. The van der Waals surface area contributed by atoms with E-state index in [1.54, 1.807) is 23.1 Å². The normalized spacial score (nSPS) is 12.4. The number of rotatable bonds is 5. The number of methoxy groups -OCH3 is 2. The lowest BCUT2D eigenvalue weighted by atomic mass is 10.1. The molecule has 29 heavy (non-hydrogen) atoms. The second-order valence-corrected chi connectivity index (χ2v) is 7.47. The van der Waals surface area contributed by atoms with Crippen LogP contribution in [0, 0.1) is 0 Å². The summed E-state index contributed by atoms with van der Waals surface area (Å²) in [5, 5.41) is 4.81. The molecule has 0 bridgehead atoms. The zero-order valence-corrected chi connectivity index (χ0v) is 16.9. The highest BCUT2D eigenvalue weighted by atomic mass is 32.1. The Kier molecular flexibility index (Phi) is 5.22. The van der Waals surface area contributed by atoms with E-state index < -0.39 is 0 Å². The lowest BCUT2D eigenvalue weighted by Gasteiger charge is -2.17. The van der Waals surface area contributed by atoms with E-state index >= 15 is 0 Å². The maximum absolute atomic E-state index is 12.8. The average molecular weight is 408 g/mol. The van der Waals surface area contributed by atoms with Crippen LogP contribution in [0.3, 0.4) is 0 Å². The number of hydrogen-bond donors (Lipinski definition) is 1. The second kappa shape index (κ2) is 7.97. The van der Waals surface area contributed by atoms with Crippen LogP contribution >= 0.6 is 11.3 Å². The Morgan fingerprint density at radius 1 is 1.07 bits per heavy atom. The first-order valence-electron chi connectivity index (χ1n) is 9.13. The number of nitrogens with zero attached hydrogens (tertiary/aromatic N) is 1. The van der Waals surface area contributed by atoms with Gasteiger partial charge in [0.05, 0.1) is 24.7 Å². The Bertz CT molecular complexity index is 1060. The van der Waals surface area contributed by atoms with Crippen molar-refractivity contribution < 1.29 is 19.1 Å². The minimum absolute atomic E-state index is 0.0108. The number of carbonyl (C=O) groups excluding carboxylic acids is 2. The van der Waals surface area contributed by atoms with Gasteiger partial charge in [0.25, 0.3) is 11.8 Å². The topological polar surface area (TPSA) is 67.9 Å². The van der Waals surface area contributed by atoms with E-state index in [9.17, 15) is 9.59 Å². The summed E-state index contributed by atoms with van der Waals surface area (Å²) >= 11 is 1.44. The fourth-order valence-electron chi connectivity index (χ4n) is 3.49. The van der Waals surface area contributed by atoms with Crippen molar-refractivity contribution in [1.29, 1.82) is 0 Å². The first kappa shape index (κ1) is 19.0. The maximum atomic E-state index is 12.8. The van der Waals surface area contributed by atoms with E-state index in [4.69, 9.17) is 9.47 Å². The zero-order valence-electron chi connectivity index (χ0n) is 16.1. The van der Waals surface area contributed by atoms with Crippen molar-refractivity contribution in [3.63, 3.8) is 0 Å². The predicted molar refractivity (Wildman–Crippen MR) is 114 cm³/mol. The molecule has 1 N–H and O–H groups in total. The maximum Gasteiger partial charge on any atom is 0.268 e. The van der Waals surface area contributed by atoms with E-state index in [-0.39, 0.29) is 11.8 Å². The molecule has 2 heterocycles. The minimum Gasteiger partial charge on any atom is -0.493 e. The van der Waals surface area contributed by atoms with Crippen LogP contribution in [-0.4, -0.2) is 32.6 Å². The van der Waals surface area contributed by atoms with Gasteiger partial charge in [-0.3, -0.25) is 9.59 Å². The Labute approximate surface area is 172 Å². The van der Waals surface area contributed by atoms with E-state index in [0.29, 0.717) is 29.3 Å². The number of para-hydroxylation sites is 1. The summed E-state index contributed by atoms with van der Waals surface area (Å²) in [7, 11) is 3.03. The molecule has 6 nitrogen and oxygen atoms in total. The highest BCUT2D eigenvalue weighted by Crippen LogP contribution is 2.34. The lowest BCUT2D eigenvalue weighted by Crippen LogP contribution is -2.28. The van der Waals surface area contributed by atoms with Gasteiger partial charge in [0.15, 0.2) is 11.5 Å². The molecular weight excluding hydrogens is 388 g/mol. The van der Waals surface area contributed by atoms with Crippen molar-refractivity contribution in [2.24, 2.45) is 0 Å². The summed E-state index contributed by atoms with van der Waals surface area (Å²) in [4.78, 5) is 28.0. The smallest absolute Gasteiger partial charge is 0.268 e. The summed E-state index contributed by atoms with van der Waals surface area (Å²) in [6.45, 7) is 0.632.